The van der Waals surface area contributed by atoms with E-state index in [4.69, 9.17) is 10.3 Å². The molecule has 1 atom stereocenters. The second-order valence-corrected chi connectivity index (χ2v) is 5.11. The summed E-state index contributed by atoms with van der Waals surface area (Å²) in [6.07, 6.45) is 2.37. The summed E-state index contributed by atoms with van der Waals surface area (Å²) in [4.78, 5) is 4.34. The molecule has 0 bridgehead atoms. The summed E-state index contributed by atoms with van der Waals surface area (Å²) in [7, 11) is 0. The molecule has 1 aromatic rings. The van der Waals surface area contributed by atoms with Crippen LogP contribution in [0.4, 0.5) is 0 Å². The van der Waals surface area contributed by atoms with Crippen molar-refractivity contribution in [3.05, 3.63) is 11.7 Å². The number of rotatable bonds is 2. The Labute approximate surface area is 83.9 Å². The largest absolute Gasteiger partial charge is 0.338 e. The van der Waals surface area contributed by atoms with E-state index in [1.807, 2.05) is 0 Å². The molecule has 0 aromatic carbocycles. The summed E-state index contributed by atoms with van der Waals surface area (Å²) >= 11 is 0. The van der Waals surface area contributed by atoms with Crippen molar-refractivity contribution in [1.29, 1.82) is 0 Å². The Kier molecular flexibility index (Phi) is 2.10. The lowest BCUT2D eigenvalue weighted by atomic mass is 9.87. The minimum atomic E-state index is -0.178. The summed E-state index contributed by atoms with van der Waals surface area (Å²) < 4.78 is 5.17. The lowest BCUT2D eigenvalue weighted by molar-refractivity contribution is 0.252. The molecule has 1 saturated carbocycles. The van der Waals surface area contributed by atoms with Crippen LogP contribution in [0.15, 0.2) is 4.52 Å². The SMILES string of the molecule is CC(C)(C)[C@@H](N)c1nc(C2CC2)no1. The van der Waals surface area contributed by atoms with Crippen molar-refractivity contribution in [2.45, 2.75) is 45.6 Å². The minimum Gasteiger partial charge on any atom is -0.338 e. The second-order valence-electron chi connectivity index (χ2n) is 5.11. The van der Waals surface area contributed by atoms with E-state index >= 15 is 0 Å². The van der Waals surface area contributed by atoms with Crippen LogP contribution >= 0.6 is 0 Å². The first-order chi connectivity index (χ1) is 6.48. The molecular formula is C10H17N3O. The summed E-state index contributed by atoms with van der Waals surface area (Å²) in [5, 5.41) is 3.95. The van der Waals surface area contributed by atoms with Crippen molar-refractivity contribution >= 4 is 0 Å². The van der Waals surface area contributed by atoms with Gasteiger partial charge in [-0.15, -0.1) is 0 Å². The fourth-order valence-corrected chi connectivity index (χ4v) is 1.25. The van der Waals surface area contributed by atoms with Crippen molar-refractivity contribution in [1.82, 2.24) is 10.1 Å². The maximum absolute atomic E-state index is 6.01. The van der Waals surface area contributed by atoms with Crippen LogP contribution in [0.2, 0.25) is 0 Å². The van der Waals surface area contributed by atoms with E-state index in [9.17, 15) is 0 Å². The fraction of sp³-hybridized carbons (Fsp3) is 0.800. The van der Waals surface area contributed by atoms with Crippen LogP contribution < -0.4 is 5.73 Å². The summed E-state index contributed by atoms with van der Waals surface area (Å²) in [5.41, 5.74) is 5.98. The van der Waals surface area contributed by atoms with Crippen LogP contribution in [0, 0.1) is 5.41 Å². The van der Waals surface area contributed by atoms with Crippen molar-refractivity contribution in [3.63, 3.8) is 0 Å². The highest BCUT2D eigenvalue weighted by Gasteiger charge is 2.32. The van der Waals surface area contributed by atoms with Gasteiger partial charge in [-0.05, 0) is 18.3 Å². The number of hydrogen-bond acceptors (Lipinski definition) is 4. The van der Waals surface area contributed by atoms with E-state index in [-0.39, 0.29) is 11.5 Å². The first kappa shape index (κ1) is 9.65. The van der Waals surface area contributed by atoms with Gasteiger partial charge in [-0.1, -0.05) is 25.9 Å². The van der Waals surface area contributed by atoms with Gasteiger partial charge in [-0.3, -0.25) is 0 Å². The third-order valence-corrected chi connectivity index (χ3v) is 2.60. The van der Waals surface area contributed by atoms with Gasteiger partial charge in [0.15, 0.2) is 5.82 Å². The van der Waals surface area contributed by atoms with Gasteiger partial charge < -0.3 is 10.3 Å². The topological polar surface area (TPSA) is 64.9 Å². The molecule has 0 spiro atoms. The maximum Gasteiger partial charge on any atom is 0.244 e. The molecule has 0 aliphatic heterocycles. The van der Waals surface area contributed by atoms with Gasteiger partial charge in [0, 0.05) is 5.92 Å². The molecule has 78 valence electrons. The summed E-state index contributed by atoms with van der Waals surface area (Å²) in [5.74, 6) is 1.93. The van der Waals surface area contributed by atoms with Gasteiger partial charge >= 0.3 is 0 Å². The quantitative estimate of drug-likeness (QED) is 0.783. The average molecular weight is 195 g/mol. The van der Waals surface area contributed by atoms with Crippen molar-refractivity contribution in [3.8, 4) is 0 Å². The summed E-state index contributed by atoms with van der Waals surface area (Å²) in [6.45, 7) is 6.20. The Morgan fingerprint density at radius 3 is 2.57 bits per heavy atom. The van der Waals surface area contributed by atoms with Gasteiger partial charge in [0.05, 0.1) is 6.04 Å². The van der Waals surface area contributed by atoms with Gasteiger partial charge in [-0.25, -0.2) is 0 Å². The Balaban J connectivity index is 2.15. The zero-order valence-electron chi connectivity index (χ0n) is 8.95. The van der Waals surface area contributed by atoms with Gasteiger partial charge in [0.2, 0.25) is 5.89 Å². The van der Waals surface area contributed by atoms with Gasteiger partial charge in [-0.2, -0.15) is 4.98 Å². The Morgan fingerprint density at radius 2 is 2.07 bits per heavy atom. The van der Waals surface area contributed by atoms with E-state index in [0.29, 0.717) is 11.8 Å². The molecule has 2 rings (SSSR count). The van der Waals surface area contributed by atoms with E-state index in [2.05, 4.69) is 30.9 Å². The summed E-state index contributed by atoms with van der Waals surface area (Å²) in [6, 6.07) is -0.178. The lowest BCUT2D eigenvalue weighted by Crippen LogP contribution is -2.26. The van der Waals surface area contributed by atoms with Crippen LogP contribution in [0.5, 0.6) is 0 Å². The monoisotopic (exact) mass is 195 g/mol. The molecular weight excluding hydrogens is 178 g/mol. The molecule has 0 amide bonds. The number of nitrogens with zero attached hydrogens (tertiary/aromatic N) is 2. The normalized spacial score (nSPS) is 19.7. The Morgan fingerprint density at radius 1 is 1.43 bits per heavy atom. The van der Waals surface area contributed by atoms with Crippen LogP contribution in [0.25, 0.3) is 0 Å². The molecule has 1 fully saturated rings. The molecule has 4 heteroatoms. The first-order valence-corrected chi connectivity index (χ1v) is 5.07. The highest BCUT2D eigenvalue weighted by Crippen LogP contribution is 2.39. The van der Waals surface area contributed by atoms with Crippen molar-refractivity contribution < 1.29 is 4.52 Å². The molecule has 1 heterocycles. The molecule has 4 nitrogen and oxygen atoms in total. The zero-order valence-corrected chi connectivity index (χ0v) is 8.95. The number of hydrogen-bond donors (Lipinski definition) is 1. The van der Waals surface area contributed by atoms with Gasteiger partial charge in [0.25, 0.3) is 0 Å². The maximum atomic E-state index is 6.01. The highest BCUT2D eigenvalue weighted by atomic mass is 16.5. The number of aromatic nitrogens is 2. The molecule has 0 unspecified atom stereocenters. The standard InChI is InChI=1S/C10H17N3O/c1-10(2,3)7(11)9-12-8(13-14-9)6-4-5-6/h6-7H,4-5,11H2,1-3H3/t7-/m0/s1. The van der Waals surface area contributed by atoms with Crippen LogP contribution in [0.1, 0.15) is 57.3 Å². The van der Waals surface area contributed by atoms with E-state index < -0.39 is 0 Å². The Bertz CT molecular complexity index is 322. The lowest BCUT2D eigenvalue weighted by Gasteiger charge is -2.23. The number of nitrogens with two attached hydrogens (primary N) is 1. The smallest absolute Gasteiger partial charge is 0.244 e. The molecule has 1 aliphatic carbocycles. The van der Waals surface area contributed by atoms with Crippen LogP contribution in [-0.4, -0.2) is 10.1 Å². The molecule has 1 aromatic heterocycles. The van der Waals surface area contributed by atoms with E-state index in [1.54, 1.807) is 0 Å². The molecule has 1 aliphatic rings. The predicted molar refractivity (Wildman–Crippen MR) is 52.7 cm³/mol. The molecule has 14 heavy (non-hydrogen) atoms. The Hall–Kier alpha value is -0.900. The second kappa shape index (κ2) is 3.05. The predicted octanol–water partition coefficient (Wildman–Crippen LogP) is 1.99. The highest BCUT2D eigenvalue weighted by molar-refractivity contribution is 5.05. The fourth-order valence-electron chi connectivity index (χ4n) is 1.25. The third-order valence-electron chi connectivity index (χ3n) is 2.60. The van der Waals surface area contributed by atoms with Gasteiger partial charge in [0.1, 0.15) is 0 Å². The third kappa shape index (κ3) is 1.80. The van der Waals surface area contributed by atoms with E-state index in [1.165, 1.54) is 12.8 Å². The minimum absolute atomic E-state index is 0.0344. The van der Waals surface area contributed by atoms with Crippen molar-refractivity contribution in [2.75, 3.05) is 0 Å². The van der Waals surface area contributed by atoms with Crippen LogP contribution in [0.3, 0.4) is 0 Å². The molecule has 2 N–H and O–H groups in total. The van der Waals surface area contributed by atoms with Crippen LogP contribution in [-0.2, 0) is 0 Å². The molecule has 0 saturated heterocycles. The molecule has 0 radical (unpaired) electrons. The zero-order chi connectivity index (χ0) is 10.3. The average Bonchev–Trinajstić information content (AvgIpc) is 2.82. The van der Waals surface area contributed by atoms with E-state index in [0.717, 1.165) is 5.82 Å². The van der Waals surface area contributed by atoms with Crippen molar-refractivity contribution in [2.24, 2.45) is 11.1 Å². The first-order valence-electron chi connectivity index (χ1n) is 5.07.